The van der Waals surface area contributed by atoms with Crippen LogP contribution in [-0.4, -0.2) is 17.1 Å². The topological polar surface area (TPSA) is 24.9 Å². The van der Waals surface area contributed by atoms with Gasteiger partial charge in [-0.25, -0.2) is 0 Å². The molecule has 76 valence electrons. The number of aromatic nitrogens is 1. The highest BCUT2D eigenvalue weighted by Crippen LogP contribution is 2.22. The largest absolute Gasteiger partial charge is 0.311 e. The molecule has 1 unspecified atom stereocenters. The second-order valence-corrected chi connectivity index (χ2v) is 4.44. The lowest BCUT2D eigenvalue weighted by atomic mass is 9.86. The highest BCUT2D eigenvalue weighted by molar-refractivity contribution is 5.08. The van der Waals surface area contributed by atoms with Crippen molar-refractivity contribution in [2.45, 2.75) is 38.1 Å². The zero-order chi connectivity index (χ0) is 9.86. The average Bonchev–Trinajstić information content (AvgIpc) is 2.19. The molecule has 2 nitrogen and oxygen atoms in total. The maximum atomic E-state index is 4.38. The third-order valence-electron chi connectivity index (χ3n) is 3.00. The Morgan fingerprint density at radius 3 is 3.00 bits per heavy atom. The summed E-state index contributed by atoms with van der Waals surface area (Å²) < 4.78 is 0. The van der Waals surface area contributed by atoms with Gasteiger partial charge in [-0.1, -0.05) is 12.5 Å². The van der Waals surface area contributed by atoms with Crippen molar-refractivity contribution in [3.8, 4) is 0 Å². The zero-order valence-corrected chi connectivity index (χ0v) is 8.79. The Kier molecular flexibility index (Phi) is 2.82. The molecule has 1 fully saturated rings. The van der Waals surface area contributed by atoms with E-state index in [0.29, 0.717) is 0 Å². The molecule has 14 heavy (non-hydrogen) atoms. The summed E-state index contributed by atoms with van der Waals surface area (Å²) in [5, 5.41) is 3.60. The van der Waals surface area contributed by atoms with Crippen LogP contribution in [0.2, 0.25) is 0 Å². The van der Waals surface area contributed by atoms with Gasteiger partial charge in [0.05, 0.1) is 0 Å². The van der Waals surface area contributed by atoms with Crippen molar-refractivity contribution in [3.05, 3.63) is 30.1 Å². The maximum absolute atomic E-state index is 4.38. The number of pyridine rings is 1. The molecule has 1 aliphatic heterocycles. The molecule has 0 spiro atoms. The van der Waals surface area contributed by atoms with Gasteiger partial charge in [0.25, 0.3) is 0 Å². The van der Waals surface area contributed by atoms with E-state index in [1.54, 1.807) is 0 Å². The molecular formula is C12H18N2. The molecule has 0 aliphatic carbocycles. The van der Waals surface area contributed by atoms with Crippen molar-refractivity contribution in [2.75, 3.05) is 6.54 Å². The number of nitrogens with zero attached hydrogens (tertiary/aromatic N) is 1. The van der Waals surface area contributed by atoms with Crippen LogP contribution >= 0.6 is 0 Å². The molecule has 1 saturated heterocycles. The second-order valence-electron chi connectivity index (χ2n) is 4.44. The number of nitrogens with one attached hydrogen (secondary N) is 1. The molecule has 2 rings (SSSR count). The number of rotatable bonds is 2. The molecule has 2 heterocycles. The molecule has 1 atom stereocenters. The van der Waals surface area contributed by atoms with E-state index in [9.17, 15) is 0 Å². The van der Waals surface area contributed by atoms with Gasteiger partial charge < -0.3 is 5.32 Å². The van der Waals surface area contributed by atoms with E-state index in [0.717, 1.165) is 13.0 Å². The van der Waals surface area contributed by atoms with Gasteiger partial charge in [-0.2, -0.15) is 0 Å². The fraction of sp³-hybridized carbons (Fsp3) is 0.583. The summed E-state index contributed by atoms with van der Waals surface area (Å²) in [6, 6.07) is 6.15. The van der Waals surface area contributed by atoms with Crippen LogP contribution in [0.1, 0.15) is 31.9 Å². The quantitative estimate of drug-likeness (QED) is 0.773. The molecule has 0 amide bonds. The van der Waals surface area contributed by atoms with Gasteiger partial charge in [0.1, 0.15) is 0 Å². The minimum absolute atomic E-state index is 0.270. The lowest BCUT2D eigenvalue weighted by Crippen LogP contribution is -2.47. The molecule has 0 radical (unpaired) electrons. The van der Waals surface area contributed by atoms with Crippen LogP contribution in [0.5, 0.6) is 0 Å². The van der Waals surface area contributed by atoms with Crippen molar-refractivity contribution in [3.63, 3.8) is 0 Å². The van der Waals surface area contributed by atoms with Crippen LogP contribution in [0, 0.1) is 0 Å². The predicted molar refractivity (Wildman–Crippen MR) is 58.2 cm³/mol. The molecule has 2 heteroatoms. The first-order valence-corrected chi connectivity index (χ1v) is 5.43. The first-order chi connectivity index (χ1) is 6.79. The summed E-state index contributed by atoms with van der Waals surface area (Å²) >= 11 is 0. The Hall–Kier alpha value is -0.890. The van der Waals surface area contributed by atoms with Crippen molar-refractivity contribution in [2.24, 2.45) is 0 Å². The van der Waals surface area contributed by atoms with Crippen molar-refractivity contribution >= 4 is 0 Å². The van der Waals surface area contributed by atoms with Crippen LogP contribution in [0.25, 0.3) is 0 Å². The summed E-state index contributed by atoms with van der Waals surface area (Å²) in [6.45, 7) is 3.46. The molecule has 0 aromatic carbocycles. The van der Waals surface area contributed by atoms with Crippen molar-refractivity contribution in [1.29, 1.82) is 0 Å². The van der Waals surface area contributed by atoms with Crippen LogP contribution < -0.4 is 5.32 Å². The summed E-state index contributed by atoms with van der Waals surface area (Å²) in [6.07, 6.45) is 6.85. The van der Waals surface area contributed by atoms with Gasteiger partial charge in [-0.15, -0.1) is 0 Å². The molecular weight excluding hydrogens is 172 g/mol. The summed E-state index contributed by atoms with van der Waals surface area (Å²) in [5.74, 6) is 0. The highest BCUT2D eigenvalue weighted by Gasteiger charge is 2.26. The number of hydrogen-bond acceptors (Lipinski definition) is 2. The molecule has 0 saturated carbocycles. The SMILES string of the molecule is CC1(Cc2ccccn2)CCCCN1. The maximum Gasteiger partial charge on any atom is 0.0421 e. The van der Waals surface area contributed by atoms with Crippen molar-refractivity contribution in [1.82, 2.24) is 10.3 Å². The first-order valence-electron chi connectivity index (χ1n) is 5.43. The molecule has 1 aliphatic rings. The van der Waals surface area contributed by atoms with Gasteiger partial charge in [-0.05, 0) is 38.4 Å². The number of piperidine rings is 1. The van der Waals surface area contributed by atoms with E-state index in [4.69, 9.17) is 0 Å². The monoisotopic (exact) mass is 190 g/mol. The minimum atomic E-state index is 0.270. The predicted octanol–water partition coefficient (Wildman–Crippen LogP) is 2.16. The Morgan fingerprint density at radius 1 is 1.43 bits per heavy atom. The average molecular weight is 190 g/mol. The Balaban J connectivity index is 2.02. The Labute approximate surface area is 85.7 Å². The standard InChI is InChI=1S/C12H18N2/c1-12(7-3-5-9-14-12)10-11-6-2-4-8-13-11/h2,4,6,8,14H,3,5,7,9-10H2,1H3. The highest BCUT2D eigenvalue weighted by atomic mass is 15.0. The molecule has 1 aromatic rings. The minimum Gasteiger partial charge on any atom is -0.311 e. The number of hydrogen-bond donors (Lipinski definition) is 1. The van der Waals surface area contributed by atoms with E-state index in [-0.39, 0.29) is 5.54 Å². The third-order valence-corrected chi connectivity index (χ3v) is 3.00. The fourth-order valence-corrected chi connectivity index (χ4v) is 2.17. The Bertz CT molecular complexity index is 276. The lowest BCUT2D eigenvalue weighted by Gasteiger charge is -2.34. The van der Waals surface area contributed by atoms with E-state index in [1.165, 1.54) is 25.0 Å². The van der Waals surface area contributed by atoms with E-state index in [1.807, 2.05) is 12.3 Å². The van der Waals surface area contributed by atoms with E-state index >= 15 is 0 Å². The van der Waals surface area contributed by atoms with Gasteiger partial charge in [0.15, 0.2) is 0 Å². The Morgan fingerprint density at radius 2 is 2.36 bits per heavy atom. The van der Waals surface area contributed by atoms with Gasteiger partial charge in [0, 0.05) is 23.9 Å². The van der Waals surface area contributed by atoms with E-state index in [2.05, 4.69) is 29.4 Å². The first kappa shape index (κ1) is 9.66. The molecule has 1 N–H and O–H groups in total. The smallest absolute Gasteiger partial charge is 0.0421 e. The lowest BCUT2D eigenvalue weighted by molar-refractivity contribution is 0.274. The van der Waals surface area contributed by atoms with Crippen molar-refractivity contribution < 1.29 is 0 Å². The molecule has 1 aromatic heterocycles. The normalized spacial score (nSPS) is 27.5. The van der Waals surface area contributed by atoms with Crippen LogP contribution in [0.3, 0.4) is 0 Å². The van der Waals surface area contributed by atoms with Gasteiger partial charge in [-0.3, -0.25) is 4.98 Å². The summed E-state index contributed by atoms with van der Waals surface area (Å²) in [5.41, 5.74) is 1.47. The summed E-state index contributed by atoms with van der Waals surface area (Å²) in [4.78, 5) is 4.38. The third kappa shape index (κ3) is 2.32. The second kappa shape index (κ2) is 4.09. The zero-order valence-electron chi connectivity index (χ0n) is 8.79. The molecule has 0 bridgehead atoms. The van der Waals surface area contributed by atoms with Crippen LogP contribution in [0.4, 0.5) is 0 Å². The summed E-state index contributed by atoms with van der Waals surface area (Å²) in [7, 11) is 0. The van der Waals surface area contributed by atoms with Crippen LogP contribution in [-0.2, 0) is 6.42 Å². The van der Waals surface area contributed by atoms with Gasteiger partial charge >= 0.3 is 0 Å². The van der Waals surface area contributed by atoms with Gasteiger partial charge in [0.2, 0.25) is 0 Å². The van der Waals surface area contributed by atoms with Crippen LogP contribution in [0.15, 0.2) is 24.4 Å². The van der Waals surface area contributed by atoms with E-state index < -0.39 is 0 Å². The fourth-order valence-electron chi connectivity index (χ4n) is 2.17.